The Morgan fingerprint density at radius 2 is 1.83 bits per heavy atom. The summed E-state index contributed by atoms with van der Waals surface area (Å²) in [4.78, 5) is 58.4. The number of ether oxygens (including phenoxy) is 1. The van der Waals surface area contributed by atoms with Crippen LogP contribution in [0.1, 0.15) is 49.9 Å². The molecule has 35 heavy (non-hydrogen) atoms. The summed E-state index contributed by atoms with van der Waals surface area (Å²) >= 11 is 1.27. The van der Waals surface area contributed by atoms with Crippen molar-refractivity contribution in [1.82, 2.24) is 14.1 Å². The number of carbonyl (C=O) groups is 2. The molecule has 0 bridgehead atoms. The number of amides is 1. The summed E-state index contributed by atoms with van der Waals surface area (Å²) in [6.07, 6.45) is 3.84. The molecule has 1 N–H and O–H groups in total. The molecule has 1 amide bonds. The van der Waals surface area contributed by atoms with Crippen molar-refractivity contribution in [2.45, 2.75) is 52.6 Å². The maximum Gasteiger partial charge on any atom is 0.340 e. The molecule has 2 aromatic heterocycles. The molecule has 4 rings (SSSR count). The van der Waals surface area contributed by atoms with E-state index in [0.29, 0.717) is 16.3 Å². The van der Waals surface area contributed by atoms with Crippen LogP contribution in [0.4, 0.5) is 10.8 Å². The van der Waals surface area contributed by atoms with Crippen LogP contribution in [0.15, 0.2) is 33.9 Å². The molecule has 0 spiro atoms. The minimum atomic E-state index is -0.575. The van der Waals surface area contributed by atoms with Gasteiger partial charge in [-0.3, -0.25) is 18.7 Å². The van der Waals surface area contributed by atoms with Crippen LogP contribution in [0.2, 0.25) is 0 Å². The van der Waals surface area contributed by atoms with E-state index >= 15 is 0 Å². The van der Waals surface area contributed by atoms with Gasteiger partial charge in [-0.25, -0.2) is 14.6 Å². The third-order valence-electron chi connectivity index (χ3n) is 5.83. The highest BCUT2D eigenvalue weighted by molar-refractivity contribution is 7.22. The number of hydrogen-bond acceptors (Lipinski definition) is 8. The number of para-hydroxylation sites is 1. The first-order chi connectivity index (χ1) is 16.9. The van der Waals surface area contributed by atoms with Gasteiger partial charge in [0.25, 0.3) is 5.56 Å². The summed E-state index contributed by atoms with van der Waals surface area (Å²) in [7, 11) is 0. The quantitative estimate of drug-likeness (QED) is 0.474. The molecule has 1 aliphatic rings. The fourth-order valence-corrected chi connectivity index (χ4v) is 5.24. The zero-order chi connectivity index (χ0) is 24.9. The van der Waals surface area contributed by atoms with Crippen LogP contribution in [0.25, 0.3) is 10.3 Å². The van der Waals surface area contributed by atoms with Gasteiger partial charge in [0, 0.05) is 19.6 Å². The Kier molecular flexibility index (Phi) is 7.64. The fraction of sp³-hybridized carbons (Fsp3) is 0.458. The van der Waals surface area contributed by atoms with E-state index in [1.54, 1.807) is 31.2 Å². The Hall–Kier alpha value is -3.47. The van der Waals surface area contributed by atoms with Gasteiger partial charge < -0.3 is 15.0 Å². The predicted octanol–water partition coefficient (Wildman–Crippen LogP) is 2.84. The molecule has 0 aliphatic carbocycles. The van der Waals surface area contributed by atoms with Crippen LogP contribution in [0.5, 0.6) is 0 Å². The molecule has 186 valence electrons. The number of carbonyl (C=O) groups excluding carboxylic acids is 2. The molecule has 10 nitrogen and oxygen atoms in total. The number of piperidine rings is 1. The summed E-state index contributed by atoms with van der Waals surface area (Å²) in [5.41, 5.74) is -0.232. The smallest absolute Gasteiger partial charge is 0.340 e. The predicted molar refractivity (Wildman–Crippen MR) is 136 cm³/mol. The minimum absolute atomic E-state index is 0.205. The Morgan fingerprint density at radius 3 is 2.54 bits per heavy atom. The van der Waals surface area contributed by atoms with Crippen molar-refractivity contribution in [1.29, 1.82) is 0 Å². The van der Waals surface area contributed by atoms with Gasteiger partial charge in [0.2, 0.25) is 5.91 Å². The van der Waals surface area contributed by atoms with Crippen molar-refractivity contribution in [3.05, 3.63) is 50.7 Å². The first-order valence-corrected chi connectivity index (χ1v) is 12.7. The maximum atomic E-state index is 13.3. The fourth-order valence-electron chi connectivity index (χ4n) is 4.17. The van der Waals surface area contributed by atoms with E-state index in [0.717, 1.165) is 32.4 Å². The topological polar surface area (TPSA) is 116 Å². The lowest BCUT2D eigenvalue weighted by Crippen LogP contribution is -2.41. The van der Waals surface area contributed by atoms with Crippen molar-refractivity contribution in [3.8, 4) is 0 Å². The monoisotopic (exact) mass is 499 g/mol. The van der Waals surface area contributed by atoms with E-state index in [1.807, 2.05) is 6.92 Å². The van der Waals surface area contributed by atoms with Crippen molar-refractivity contribution >= 4 is 44.4 Å². The third-order valence-corrected chi connectivity index (χ3v) is 6.92. The highest BCUT2D eigenvalue weighted by atomic mass is 32.1. The maximum absolute atomic E-state index is 13.3. The van der Waals surface area contributed by atoms with Gasteiger partial charge in [-0.15, -0.1) is 0 Å². The van der Waals surface area contributed by atoms with Crippen LogP contribution in [-0.2, 0) is 22.6 Å². The van der Waals surface area contributed by atoms with E-state index < -0.39 is 17.6 Å². The number of aromatic nitrogens is 3. The Labute approximate surface area is 206 Å². The van der Waals surface area contributed by atoms with E-state index in [9.17, 15) is 19.2 Å². The number of fused-ring (bicyclic) bond motifs is 1. The van der Waals surface area contributed by atoms with Gasteiger partial charge in [-0.1, -0.05) is 30.4 Å². The van der Waals surface area contributed by atoms with E-state index in [4.69, 9.17) is 4.74 Å². The molecular weight excluding hydrogens is 470 g/mol. The molecule has 1 aliphatic heterocycles. The number of hydrogen-bond donors (Lipinski definition) is 1. The molecular formula is C24H29N5O5S. The highest BCUT2D eigenvalue weighted by Crippen LogP contribution is 2.28. The summed E-state index contributed by atoms with van der Waals surface area (Å²) in [5, 5.41) is 3.39. The lowest BCUT2D eigenvalue weighted by Gasteiger charge is -2.25. The average molecular weight is 500 g/mol. The number of rotatable bonds is 8. The number of nitrogens with zero attached hydrogens (tertiary/aromatic N) is 4. The zero-order valence-corrected chi connectivity index (χ0v) is 20.7. The number of thiazole rings is 1. The van der Waals surface area contributed by atoms with Gasteiger partial charge in [0.15, 0.2) is 10.8 Å². The lowest BCUT2D eigenvalue weighted by atomic mass is 10.1. The Morgan fingerprint density at radius 1 is 1.09 bits per heavy atom. The lowest BCUT2D eigenvalue weighted by molar-refractivity contribution is -0.116. The largest absolute Gasteiger partial charge is 0.462 e. The van der Waals surface area contributed by atoms with Crippen molar-refractivity contribution in [2.75, 3.05) is 29.9 Å². The molecule has 0 atom stereocenters. The second kappa shape index (κ2) is 10.9. The van der Waals surface area contributed by atoms with Gasteiger partial charge in [0.05, 0.1) is 17.9 Å². The highest BCUT2D eigenvalue weighted by Gasteiger charge is 2.23. The SMILES string of the molecule is CCCn1c(=O)c2sc(N3CCCCC3)nc2n(CC(=O)Nc2ccccc2C(=O)OCC)c1=O. The molecule has 1 aromatic carbocycles. The first-order valence-electron chi connectivity index (χ1n) is 11.9. The third kappa shape index (κ3) is 5.14. The minimum Gasteiger partial charge on any atom is -0.462 e. The summed E-state index contributed by atoms with van der Waals surface area (Å²) in [5.74, 6) is -1.07. The van der Waals surface area contributed by atoms with E-state index in [2.05, 4.69) is 15.2 Å². The number of nitrogens with one attached hydrogen (secondary N) is 1. The average Bonchev–Trinajstić information content (AvgIpc) is 3.31. The molecule has 1 fully saturated rings. The second-order valence-corrected chi connectivity index (χ2v) is 9.31. The molecule has 0 unspecified atom stereocenters. The molecule has 11 heteroatoms. The van der Waals surface area contributed by atoms with Crippen molar-refractivity contribution in [3.63, 3.8) is 0 Å². The Bertz CT molecular complexity index is 1350. The normalized spacial score (nSPS) is 13.7. The van der Waals surface area contributed by atoms with Crippen molar-refractivity contribution < 1.29 is 14.3 Å². The molecule has 3 heterocycles. The number of benzene rings is 1. The van der Waals surface area contributed by atoms with Gasteiger partial charge in [-0.2, -0.15) is 0 Å². The number of anilines is 2. The summed E-state index contributed by atoms with van der Waals surface area (Å²) in [6, 6.07) is 6.52. The number of esters is 1. The summed E-state index contributed by atoms with van der Waals surface area (Å²) in [6.45, 7) is 5.38. The molecule has 0 radical (unpaired) electrons. The summed E-state index contributed by atoms with van der Waals surface area (Å²) < 4.78 is 7.84. The second-order valence-electron chi connectivity index (χ2n) is 8.34. The van der Waals surface area contributed by atoms with Crippen LogP contribution in [0.3, 0.4) is 0 Å². The van der Waals surface area contributed by atoms with Gasteiger partial charge in [0.1, 0.15) is 11.2 Å². The van der Waals surface area contributed by atoms with Crippen LogP contribution >= 0.6 is 11.3 Å². The van der Waals surface area contributed by atoms with Crippen LogP contribution in [0, 0.1) is 0 Å². The molecule has 0 saturated carbocycles. The zero-order valence-electron chi connectivity index (χ0n) is 19.9. The van der Waals surface area contributed by atoms with Gasteiger partial charge >= 0.3 is 11.7 Å². The Balaban J connectivity index is 1.71. The van der Waals surface area contributed by atoms with Crippen LogP contribution in [-0.4, -0.2) is 45.7 Å². The van der Waals surface area contributed by atoms with Crippen molar-refractivity contribution in [2.24, 2.45) is 0 Å². The first kappa shape index (κ1) is 24.6. The molecule has 1 saturated heterocycles. The van der Waals surface area contributed by atoms with Crippen LogP contribution < -0.4 is 21.5 Å². The standard InChI is InChI=1S/C24H29N5O5S/c1-3-12-28-21(31)19-20(26-23(35-19)27-13-8-5-9-14-27)29(24(28)33)15-18(30)25-17-11-7-6-10-16(17)22(32)34-4-2/h6-7,10-11H,3-5,8-9,12-15H2,1-2H3,(H,25,30). The van der Waals surface area contributed by atoms with Gasteiger partial charge in [-0.05, 0) is 44.7 Å². The van der Waals surface area contributed by atoms with E-state index in [-0.39, 0.29) is 42.2 Å². The molecule has 3 aromatic rings. The van der Waals surface area contributed by atoms with E-state index in [1.165, 1.54) is 20.5 Å².